The molecular weight excluding hydrogens is 314 g/mol. The summed E-state index contributed by atoms with van der Waals surface area (Å²) in [5.74, 6) is 1.59. The number of aromatic nitrogens is 4. The van der Waals surface area contributed by atoms with Crippen molar-refractivity contribution >= 4 is 11.6 Å². The van der Waals surface area contributed by atoms with E-state index in [9.17, 15) is 4.79 Å². The molecule has 0 spiro atoms. The summed E-state index contributed by atoms with van der Waals surface area (Å²) in [6.07, 6.45) is 8.43. The van der Waals surface area contributed by atoms with Crippen molar-refractivity contribution in [3.8, 4) is 11.5 Å². The summed E-state index contributed by atoms with van der Waals surface area (Å²) >= 11 is 0. The van der Waals surface area contributed by atoms with Gasteiger partial charge >= 0.3 is 0 Å². The number of para-hydroxylation sites is 1. The van der Waals surface area contributed by atoms with Crippen molar-refractivity contribution in [2.45, 2.75) is 39.7 Å². The summed E-state index contributed by atoms with van der Waals surface area (Å²) in [6.45, 7) is 4.33. The molecule has 0 saturated carbocycles. The molecule has 0 fully saturated rings. The minimum atomic E-state index is -0.0840. The molecule has 2 N–H and O–H groups in total. The molecule has 0 aliphatic rings. The van der Waals surface area contributed by atoms with Crippen LogP contribution in [-0.4, -0.2) is 25.4 Å². The maximum Gasteiger partial charge on any atom is 0.244 e. The van der Waals surface area contributed by atoms with Crippen LogP contribution in [0.1, 0.15) is 31.2 Å². The highest BCUT2D eigenvalue weighted by molar-refractivity contribution is 5.91. The molecule has 0 unspecified atom stereocenters. The number of benzene rings is 1. The van der Waals surface area contributed by atoms with E-state index >= 15 is 0 Å². The molecule has 2 heterocycles. The number of nitrogens with zero attached hydrogens (tertiary/aromatic N) is 3. The smallest absolute Gasteiger partial charge is 0.244 e. The Hall–Kier alpha value is -2.89. The Balaban J connectivity index is 1.70. The summed E-state index contributed by atoms with van der Waals surface area (Å²) in [5.41, 5.74) is 2.70. The van der Waals surface area contributed by atoms with E-state index in [0.29, 0.717) is 0 Å². The number of carbonyl (C=O) groups is 1. The first-order valence-corrected chi connectivity index (χ1v) is 8.58. The van der Waals surface area contributed by atoms with Gasteiger partial charge in [0.1, 0.15) is 18.1 Å². The number of aromatic amines is 1. The molecule has 6 nitrogen and oxygen atoms in total. The van der Waals surface area contributed by atoms with Gasteiger partial charge in [-0.15, -0.1) is 0 Å². The van der Waals surface area contributed by atoms with Gasteiger partial charge in [0.2, 0.25) is 5.91 Å². The molecule has 0 aliphatic carbocycles. The summed E-state index contributed by atoms with van der Waals surface area (Å²) in [5, 5.41) is 2.95. The molecule has 25 heavy (non-hydrogen) atoms. The van der Waals surface area contributed by atoms with Crippen LogP contribution >= 0.6 is 0 Å². The maximum absolute atomic E-state index is 12.4. The van der Waals surface area contributed by atoms with Crippen molar-refractivity contribution in [2.75, 3.05) is 5.32 Å². The van der Waals surface area contributed by atoms with E-state index < -0.39 is 0 Å². The summed E-state index contributed by atoms with van der Waals surface area (Å²) < 4.78 is 1.82. The predicted octanol–water partition coefficient (Wildman–Crippen LogP) is 3.56. The first-order chi connectivity index (χ1) is 12.2. The second-order valence-electron chi connectivity index (χ2n) is 6.09. The number of unbranched alkanes of at least 4 members (excludes halogenated alkanes) is 1. The third-order valence-electron chi connectivity index (χ3n) is 4.09. The number of nitrogens with one attached hydrogen (secondary N) is 2. The molecule has 1 amide bonds. The van der Waals surface area contributed by atoms with Crippen LogP contribution in [0.25, 0.3) is 11.5 Å². The molecule has 130 valence electrons. The Morgan fingerprint density at radius 2 is 2.12 bits per heavy atom. The van der Waals surface area contributed by atoms with Gasteiger partial charge in [-0.2, -0.15) is 0 Å². The van der Waals surface area contributed by atoms with Crippen LogP contribution < -0.4 is 5.32 Å². The van der Waals surface area contributed by atoms with Crippen molar-refractivity contribution < 1.29 is 4.79 Å². The van der Waals surface area contributed by atoms with E-state index in [1.807, 2.05) is 35.8 Å². The van der Waals surface area contributed by atoms with Crippen molar-refractivity contribution in [3.05, 3.63) is 54.2 Å². The van der Waals surface area contributed by atoms with Crippen LogP contribution in [0.4, 0.5) is 5.69 Å². The molecule has 0 atom stereocenters. The van der Waals surface area contributed by atoms with E-state index in [4.69, 9.17) is 0 Å². The lowest BCUT2D eigenvalue weighted by Crippen LogP contribution is -2.19. The Morgan fingerprint density at radius 1 is 1.28 bits per heavy atom. The van der Waals surface area contributed by atoms with Crippen LogP contribution in [-0.2, 0) is 17.8 Å². The van der Waals surface area contributed by atoms with E-state index in [1.165, 1.54) is 0 Å². The van der Waals surface area contributed by atoms with Crippen molar-refractivity contribution in [3.63, 3.8) is 0 Å². The zero-order valence-electron chi connectivity index (χ0n) is 14.6. The van der Waals surface area contributed by atoms with Gasteiger partial charge in [0, 0.05) is 24.5 Å². The van der Waals surface area contributed by atoms with Gasteiger partial charge in [-0.1, -0.05) is 31.5 Å². The minimum Gasteiger partial charge on any atom is -0.339 e. The van der Waals surface area contributed by atoms with Gasteiger partial charge in [0.05, 0.1) is 6.20 Å². The lowest BCUT2D eigenvalue weighted by atomic mass is 10.2. The zero-order chi connectivity index (χ0) is 17.6. The predicted molar refractivity (Wildman–Crippen MR) is 98.2 cm³/mol. The van der Waals surface area contributed by atoms with Crippen molar-refractivity contribution in [1.29, 1.82) is 0 Å². The highest BCUT2D eigenvalue weighted by Crippen LogP contribution is 2.17. The number of carbonyl (C=O) groups excluding carboxylic acids is 1. The molecular formula is C19H23N5O. The van der Waals surface area contributed by atoms with Crippen LogP contribution in [0.2, 0.25) is 0 Å². The van der Waals surface area contributed by atoms with E-state index in [-0.39, 0.29) is 12.5 Å². The summed E-state index contributed by atoms with van der Waals surface area (Å²) in [4.78, 5) is 24.4. The maximum atomic E-state index is 12.4. The molecule has 0 aliphatic heterocycles. The average Bonchev–Trinajstić information content (AvgIpc) is 3.24. The first kappa shape index (κ1) is 17.0. The topological polar surface area (TPSA) is 75.6 Å². The van der Waals surface area contributed by atoms with Gasteiger partial charge < -0.3 is 14.9 Å². The van der Waals surface area contributed by atoms with E-state index in [1.54, 1.807) is 18.6 Å². The zero-order valence-corrected chi connectivity index (χ0v) is 14.6. The van der Waals surface area contributed by atoms with E-state index in [0.717, 1.165) is 47.9 Å². The molecule has 0 saturated heterocycles. The van der Waals surface area contributed by atoms with Gasteiger partial charge in [-0.05, 0) is 25.0 Å². The summed E-state index contributed by atoms with van der Waals surface area (Å²) in [6, 6.07) is 7.73. The lowest BCUT2D eigenvalue weighted by Gasteiger charge is -2.10. The second-order valence-corrected chi connectivity index (χ2v) is 6.09. The van der Waals surface area contributed by atoms with Gasteiger partial charge in [0.15, 0.2) is 5.82 Å². The number of anilines is 1. The monoisotopic (exact) mass is 337 g/mol. The Labute approximate surface area is 147 Å². The number of imidazole rings is 2. The van der Waals surface area contributed by atoms with Gasteiger partial charge in [-0.3, -0.25) is 4.79 Å². The molecule has 2 aromatic heterocycles. The fraction of sp³-hybridized carbons (Fsp3) is 0.316. The highest BCUT2D eigenvalue weighted by Gasteiger charge is 2.12. The average molecular weight is 337 g/mol. The quantitative estimate of drug-likeness (QED) is 0.692. The van der Waals surface area contributed by atoms with Gasteiger partial charge in [0.25, 0.3) is 0 Å². The van der Waals surface area contributed by atoms with E-state index in [2.05, 4.69) is 27.2 Å². The molecule has 3 rings (SSSR count). The SMILES string of the molecule is CCCCc1ncc(-c2nccn2CC(=O)Nc2ccccc2C)[nH]1. The van der Waals surface area contributed by atoms with Gasteiger partial charge in [-0.25, -0.2) is 9.97 Å². The largest absolute Gasteiger partial charge is 0.339 e. The fourth-order valence-corrected chi connectivity index (χ4v) is 2.69. The number of hydrogen-bond donors (Lipinski definition) is 2. The number of H-pyrrole nitrogens is 1. The first-order valence-electron chi connectivity index (χ1n) is 8.58. The number of rotatable bonds is 7. The molecule has 1 aromatic carbocycles. The number of amides is 1. The fourth-order valence-electron chi connectivity index (χ4n) is 2.69. The molecule has 6 heteroatoms. The van der Waals surface area contributed by atoms with Crippen molar-refractivity contribution in [2.24, 2.45) is 0 Å². The summed E-state index contributed by atoms with van der Waals surface area (Å²) in [7, 11) is 0. The van der Waals surface area contributed by atoms with Crippen molar-refractivity contribution in [1.82, 2.24) is 19.5 Å². The highest BCUT2D eigenvalue weighted by atomic mass is 16.1. The van der Waals surface area contributed by atoms with Crippen LogP contribution in [0.5, 0.6) is 0 Å². The normalized spacial score (nSPS) is 10.8. The Kier molecular flexibility index (Phi) is 5.28. The third-order valence-corrected chi connectivity index (χ3v) is 4.09. The van der Waals surface area contributed by atoms with Crippen LogP contribution in [0.3, 0.4) is 0 Å². The molecule has 0 bridgehead atoms. The second kappa shape index (κ2) is 7.79. The third kappa shape index (κ3) is 4.15. The number of hydrogen-bond acceptors (Lipinski definition) is 3. The Bertz CT molecular complexity index is 849. The number of aryl methyl sites for hydroxylation is 2. The van der Waals surface area contributed by atoms with Crippen LogP contribution in [0, 0.1) is 6.92 Å². The lowest BCUT2D eigenvalue weighted by molar-refractivity contribution is -0.116. The molecule has 0 radical (unpaired) electrons. The Morgan fingerprint density at radius 3 is 2.92 bits per heavy atom. The molecule has 3 aromatic rings. The minimum absolute atomic E-state index is 0.0840. The standard InChI is InChI=1S/C19H23N5O/c1-3-4-9-17-21-12-16(22-17)19-20-10-11-24(19)13-18(25)23-15-8-6-5-7-14(15)2/h5-8,10-12H,3-4,9,13H2,1-2H3,(H,21,22)(H,23,25). The van der Waals surface area contributed by atoms with Crippen LogP contribution in [0.15, 0.2) is 42.9 Å².